The van der Waals surface area contributed by atoms with Crippen LogP contribution >= 0.6 is 11.3 Å². The van der Waals surface area contributed by atoms with Crippen LogP contribution in [-0.2, 0) is 16.1 Å². The number of nitrogens with zero attached hydrogens (tertiary/aromatic N) is 1. The van der Waals surface area contributed by atoms with Crippen molar-refractivity contribution < 1.29 is 18.7 Å². The van der Waals surface area contributed by atoms with Crippen LogP contribution in [0.3, 0.4) is 0 Å². The number of thiophene rings is 1. The van der Waals surface area contributed by atoms with Crippen molar-refractivity contribution in [3.05, 3.63) is 34.5 Å². The second-order valence-corrected chi connectivity index (χ2v) is 5.18. The van der Waals surface area contributed by atoms with Gasteiger partial charge in [-0.1, -0.05) is 6.07 Å². The van der Waals surface area contributed by atoms with E-state index in [1.165, 1.54) is 20.1 Å². The van der Waals surface area contributed by atoms with Gasteiger partial charge >= 0.3 is 5.97 Å². The lowest BCUT2D eigenvalue weighted by Gasteiger charge is -2.06. The molecule has 104 valence electrons. The molecule has 0 aliphatic carbocycles. The number of hydrogen-bond donors (Lipinski definition) is 0. The average molecular weight is 293 g/mol. The fourth-order valence-corrected chi connectivity index (χ4v) is 2.96. The predicted molar refractivity (Wildman–Crippen MR) is 73.0 cm³/mol. The maximum Gasteiger partial charge on any atom is 0.350 e. The third-order valence-corrected chi connectivity index (χ3v) is 3.88. The molecule has 0 aliphatic rings. The number of hydrogen-bond acceptors (Lipinski definition) is 5. The summed E-state index contributed by atoms with van der Waals surface area (Å²) in [6.07, 6.45) is -0.854. The minimum atomic E-state index is -0.854. The highest BCUT2D eigenvalue weighted by Crippen LogP contribution is 2.34. The van der Waals surface area contributed by atoms with Crippen LogP contribution in [0.5, 0.6) is 0 Å². The molecular formula is C14H12FNO3S. The molecule has 2 aromatic rings. The molecule has 0 saturated heterocycles. The fraction of sp³-hybridized carbons (Fsp3) is 0.286. The lowest BCUT2D eigenvalue weighted by molar-refractivity contribution is 0.0437. The summed E-state index contributed by atoms with van der Waals surface area (Å²) in [5.41, 5.74) is 0.459. The smallest absolute Gasteiger partial charge is 0.350 e. The largest absolute Gasteiger partial charge is 0.443 e. The van der Waals surface area contributed by atoms with Crippen molar-refractivity contribution in [1.82, 2.24) is 0 Å². The minimum Gasteiger partial charge on any atom is -0.443 e. The molecule has 0 spiro atoms. The third kappa shape index (κ3) is 2.64. The third-order valence-electron chi connectivity index (χ3n) is 2.70. The lowest BCUT2D eigenvalue weighted by atomic mass is 10.1. The number of carbonyl (C=O) groups is 1. The van der Waals surface area contributed by atoms with E-state index >= 15 is 0 Å². The van der Waals surface area contributed by atoms with Gasteiger partial charge in [0.2, 0.25) is 0 Å². The topological polar surface area (TPSA) is 59.3 Å². The molecule has 1 aromatic heterocycles. The number of methoxy groups -OCH3 is 1. The summed E-state index contributed by atoms with van der Waals surface area (Å²) in [6, 6.07) is 6.46. The van der Waals surface area contributed by atoms with Crippen molar-refractivity contribution in [2.45, 2.75) is 19.6 Å². The molecule has 1 aromatic carbocycles. The molecule has 0 bridgehead atoms. The Morgan fingerprint density at radius 1 is 1.55 bits per heavy atom. The second-order valence-electron chi connectivity index (χ2n) is 4.13. The molecule has 20 heavy (non-hydrogen) atoms. The maximum absolute atomic E-state index is 13.9. The Labute approximate surface area is 119 Å². The van der Waals surface area contributed by atoms with Gasteiger partial charge in [-0.25, -0.2) is 9.18 Å². The van der Waals surface area contributed by atoms with Gasteiger partial charge in [-0.15, -0.1) is 11.3 Å². The van der Waals surface area contributed by atoms with Gasteiger partial charge in [-0.3, -0.25) is 0 Å². The molecule has 0 unspecified atom stereocenters. The van der Waals surface area contributed by atoms with E-state index in [4.69, 9.17) is 14.7 Å². The Morgan fingerprint density at radius 2 is 2.30 bits per heavy atom. The van der Waals surface area contributed by atoms with Gasteiger partial charge in [-0.05, 0) is 19.1 Å². The number of halogens is 1. The molecular weight excluding hydrogens is 281 g/mol. The monoisotopic (exact) mass is 293 g/mol. The molecule has 0 fully saturated rings. The number of rotatable bonds is 4. The first-order valence-electron chi connectivity index (χ1n) is 5.88. The second kappa shape index (κ2) is 5.99. The van der Waals surface area contributed by atoms with E-state index in [0.717, 1.165) is 11.3 Å². The van der Waals surface area contributed by atoms with Crippen molar-refractivity contribution >= 4 is 27.4 Å². The van der Waals surface area contributed by atoms with E-state index in [1.54, 1.807) is 12.1 Å². The van der Waals surface area contributed by atoms with Crippen LogP contribution in [0.1, 0.15) is 22.2 Å². The SMILES string of the molecule is COCc1c(C(=O)O[C@@H](C)C#N)sc2cccc(F)c12. The van der Waals surface area contributed by atoms with Gasteiger partial charge in [0.1, 0.15) is 16.8 Å². The van der Waals surface area contributed by atoms with E-state index in [-0.39, 0.29) is 11.5 Å². The van der Waals surface area contributed by atoms with E-state index < -0.39 is 17.9 Å². The molecule has 0 aliphatic heterocycles. The molecule has 1 heterocycles. The van der Waals surface area contributed by atoms with Crippen molar-refractivity contribution in [3.63, 3.8) is 0 Å². The number of esters is 1. The molecule has 2 rings (SSSR count). The van der Waals surface area contributed by atoms with Gasteiger partial charge in [0.25, 0.3) is 0 Å². The lowest BCUT2D eigenvalue weighted by Crippen LogP contribution is -2.13. The Morgan fingerprint density at radius 3 is 2.95 bits per heavy atom. The maximum atomic E-state index is 13.9. The van der Waals surface area contributed by atoms with Gasteiger partial charge in [0, 0.05) is 22.8 Å². The summed E-state index contributed by atoms with van der Waals surface area (Å²) in [7, 11) is 1.47. The Bertz CT molecular complexity index is 690. The van der Waals surface area contributed by atoms with Crippen molar-refractivity contribution in [2.24, 2.45) is 0 Å². The Balaban J connectivity index is 2.53. The first-order valence-corrected chi connectivity index (χ1v) is 6.69. The van der Waals surface area contributed by atoms with E-state index in [0.29, 0.717) is 15.6 Å². The van der Waals surface area contributed by atoms with Crippen LogP contribution in [0.15, 0.2) is 18.2 Å². The van der Waals surface area contributed by atoms with Crippen LogP contribution in [-0.4, -0.2) is 19.2 Å². The van der Waals surface area contributed by atoms with Gasteiger partial charge in [0.05, 0.1) is 6.61 Å². The quantitative estimate of drug-likeness (QED) is 0.812. The first-order chi connectivity index (χ1) is 9.58. The van der Waals surface area contributed by atoms with Gasteiger partial charge in [0.15, 0.2) is 6.10 Å². The van der Waals surface area contributed by atoms with E-state index in [1.807, 2.05) is 6.07 Å². The number of ether oxygens (including phenoxy) is 2. The van der Waals surface area contributed by atoms with E-state index in [9.17, 15) is 9.18 Å². The van der Waals surface area contributed by atoms with Crippen LogP contribution in [0.2, 0.25) is 0 Å². The Hall–Kier alpha value is -1.97. The van der Waals surface area contributed by atoms with E-state index in [2.05, 4.69) is 0 Å². The number of nitriles is 1. The summed E-state index contributed by atoms with van der Waals surface area (Å²) < 4.78 is 24.6. The highest BCUT2D eigenvalue weighted by atomic mass is 32.1. The van der Waals surface area contributed by atoms with Gasteiger partial charge < -0.3 is 9.47 Å². The highest BCUT2D eigenvalue weighted by molar-refractivity contribution is 7.21. The standard InChI is InChI=1S/C14H12FNO3S/c1-8(6-16)19-14(17)13-9(7-18-2)12-10(15)4-3-5-11(12)20-13/h3-5,8H,7H2,1-2H3/t8-/m0/s1. The van der Waals surface area contributed by atoms with Crippen molar-refractivity contribution in [2.75, 3.05) is 7.11 Å². The molecule has 0 N–H and O–H groups in total. The summed E-state index contributed by atoms with van der Waals surface area (Å²) >= 11 is 1.13. The molecule has 0 amide bonds. The molecule has 4 nitrogen and oxygen atoms in total. The zero-order valence-corrected chi connectivity index (χ0v) is 11.8. The predicted octanol–water partition coefficient (Wildman–Crippen LogP) is 3.26. The summed E-state index contributed by atoms with van der Waals surface area (Å²) in [5, 5.41) is 9.05. The Kier molecular flexibility index (Phi) is 4.32. The summed E-state index contributed by atoms with van der Waals surface area (Å²) in [5.74, 6) is -1.04. The van der Waals surface area contributed by atoms with Crippen LogP contribution in [0.25, 0.3) is 10.1 Å². The summed E-state index contributed by atoms with van der Waals surface area (Å²) in [6.45, 7) is 1.58. The zero-order valence-electron chi connectivity index (χ0n) is 11.0. The first kappa shape index (κ1) is 14.4. The molecule has 0 saturated carbocycles. The zero-order chi connectivity index (χ0) is 14.7. The van der Waals surface area contributed by atoms with Gasteiger partial charge in [-0.2, -0.15) is 5.26 Å². The van der Waals surface area contributed by atoms with Crippen molar-refractivity contribution in [3.8, 4) is 6.07 Å². The minimum absolute atomic E-state index is 0.103. The number of fused-ring (bicyclic) bond motifs is 1. The highest BCUT2D eigenvalue weighted by Gasteiger charge is 2.22. The van der Waals surface area contributed by atoms with Crippen LogP contribution in [0, 0.1) is 17.1 Å². The van der Waals surface area contributed by atoms with Crippen LogP contribution < -0.4 is 0 Å². The number of benzene rings is 1. The normalized spacial score (nSPS) is 12.1. The van der Waals surface area contributed by atoms with Crippen molar-refractivity contribution in [1.29, 1.82) is 5.26 Å². The van der Waals surface area contributed by atoms with Crippen LogP contribution in [0.4, 0.5) is 4.39 Å². The summed E-state index contributed by atoms with van der Waals surface area (Å²) in [4.78, 5) is 12.3. The molecule has 1 atom stereocenters. The fourth-order valence-electron chi connectivity index (χ4n) is 1.85. The number of carbonyl (C=O) groups excluding carboxylic acids is 1. The molecule has 6 heteroatoms. The average Bonchev–Trinajstić information content (AvgIpc) is 2.79. The molecule has 0 radical (unpaired) electrons.